The number of rotatable bonds is 7. The normalized spacial score (nSPS) is 11.9. The first kappa shape index (κ1) is 24.9. The van der Waals surface area contributed by atoms with Gasteiger partial charge in [-0.15, -0.1) is 0 Å². The molecule has 186 valence electrons. The number of fused-ring (bicyclic) bond motifs is 1. The van der Waals surface area contributed by atoms with Crippen molar-refractivity contribution in [2.75, 3.05) is 5.32 Å². The summed E-state index contributed by atoms with van der Waals surface area (Å²) in [6.07, 6.45) is 2.99. The van der Waals surface area contributed by atoms with E-state index in [2.05, 4.69) is 10.6 Å². The van der Waals surface area contributed by atoms with Gasteiger partial charge >= 0.3 is 12.0 Å². The number of carboxylic acids is 1. The Morgan fingerprint density at radius 1 is 1.14 bits per heavy atom. The first-order valence-electron chi connectivity index (χ1n) is 11.1. The van der Waals surface area contributed by atoms with Crippen LogP contribution in [0.1, 0.15) is 29.2 Å². The molecule has 2 aromatic heterocycles. The Morgan fingerprint density at radius 2 is 1.89 bits per heavy atom. The smallest absolute Gasteiger partial charge is 0.319 e. The summed E-state index contributed by atoms with van der Waals surface area (Å²) in [5, 5.41) is 26.4. The van der Waals surface area contributed by atoms with Crippen LogP contribution in [0, 0.1) is 6.92 Å². The molecule has 4 aromatic rings. The van der Waals surface area contributed by atoms with E-state index in [1.165, 1.54) is 10.8 Å². The number of carbonyl (C=O) groups excluding carboxylic acids is 1. The molecule has 0 bridgehead atoms. The second kappa shape index (κ2) is 10.2. The number of aryl methyl sites for hydroxylation is 2. The predicted molar refractivity (Wildman–Crippen MR) is 138 cm³/mol. The van der Waals surface area contributed by atoms with Crippen molar-refractivity contribution in [1.82, 2.24) is 14.5 Å². The largest absolute Gasteiger partial charge is 0.505 e. The molecule has 36 heavy (non-hydrogen) atoms. The molecule has 0 aliphatic heterocycles. The van der Waals surface area contributed by atoms with Crippen molar-refractivity contribution in [1.29, 1.82) is 0 Å². The monoisotopic (exact) mass is 508 g/mol. The van der Waals surface area contributed by atoms with E-state index in [0.29, 0.717) is 21.7 Å². The first-order valence-corrected chi connectivity index (χ1v) is 11.5. The number of urea groups is 1. The minimum Gasteiger partial charge on any atom is -0.505 e. The van der Waals surface area contributed by atoms with Gasteiger partial charge in [0, 0.05) is 35.5 Å². The molecule has 0 aliphatic carbocycles. The topological polar surface area (TPSA) is 126 Å². The molecule has 0 saturated heterocycles. The third-order valence-corrected chi connectivity index (χ3v) is 6.34. The number of anilines is 1. The van der Waals surface area contributed by atoms with Gasteiger partial charge in [0.1, 0.15) is 5.75 Å². The lowest BCUT2D eigenvalue weighted by atomic mass is 10.0. The van der Waals surface area contributed by atoms with Crippen LogP contribution in [0.15, 0.2) is 65.7 Å². The van der Waals surface area contributed by atoms with Gasteiger partial charge in [0.05, 0.1) is 19.0 Å². The lowest BCUT2D eigenvalue weighted by molar-refractivity contribution is -0.137. The number of aromatic nitrogens is 2. The van der Waals surface area contributed by atoms with Crippen molar-refractivity contribution >= 4 is 40.2 Å². The van der Waals surface area contributed by atoms with Crippen LogP contribution >= 0.6 is 11.6 Å². The Hall–Kier alpha value is -4.24. The summed E-state index contributed by atoms with van der Waals surface area (Å²) in [5.41, 5.74) is 1.59. The highest BCUT2D eigenvalue weighted by atomic mass is 35.5. The molecule has 0 unspecified atom stereocenters. The molecule has 2 heterocycles. The van der Waals surface area contributed by atoms with E-state index in [4.69, 9.17) is 11.6 Å². The number of nitrogens with one attached hydrogen (secondary N) is 2. The Labute approximate surface area is 211 Å². The standard InChI is InChI=1S/C26H25ClN4O5/c1-15-13-31(14-18-5-3-4-6-19(18)27)25(35)23(24(15)34)29-26(36)28-20(12-22(32)33)17-8-7-16-9-10-30(2)21(16)11-17/h3-11,13,20,34H,12,14H2,1-2H3,(H,32,33)(H2,28,29,36)/t20-/m0/s1. The third-order valence-electron chi connectivity index (χ3n) is 5.97. The van der Waals surface area contributed by atoms with Crippen molar-refractivity contribution < 1.29 is 19.8 Å². The van der Waals surface area contributed by atoms with Gasteiger partial charge in [0.15, 0.2) is 5.69 Å². The number of carbonyl (C=O) groups is 2. The van der Waals surface area contributed by atoms with Gasteiger partial charge in [-0.2, -0.15) is 0 Å². The van der Waals surface area contributed by atoms with Crippen LogP contribution < -0.4 is 16.2 Å². The number of nitrogens with zero attached hydrogens (tertiary/aromatic N) is 2. The molecule has 0 radical (unpaired) electrons. The fraction of sp³-hybridized carbons (Fsp3) is 0.192. The Morgan fingerprint density at radius 3 is 2.61 bits per heavy atom. The Kier molecular flexibility index (Phi) is 7.03. The first-order chi connectivity index (χ1) is 17.1. The number of hydrogen-bond donors (Lipinski definition) is 4. The summed E-state index contributed by atoms with van der Waals surface area (Å²) in [7, 11) is 1.87. The molecule has 2 aromatic carbocycles. The van der Waals surface area contributed by atoms with Crippen LogP contribution in [0.3, 0.4) is 0 Å². The van der Waals surface area contributed by atoms with Crippen LogP contribution in [-0.4, -0.2) is 31.3 Å². The van der Waals surface area contributed by atoms with Crippen LogP contribution in [0.4, 0.5) is 10.5 Å². The summed E-state index contributed by atoms with van der Waals surface area (Å²) in [6, 6.07) is 12.7. The van der Waals surface area contributed by atoms with Crippen molar-refractivity contribution in [2.45, 2.75) is 25.9 Å². The number of aromatic hydroxyl groups is 1. The Balaban J connectivity index is 1.61. The summed E-state index contributed by atoms with van der Waals surface area (Å²) >= 11 is 6.22. The van der Waals surface area contributed by atoms with E-state index in [1.54, 1.807) is 37.3 Å². The van der Waals surface area contributed by atoms with Gasteiger partial charge in [0.25, 0.3) is 5.56 Å². The summed E-state index contributed by atoms with van der Waals surface area (Å²) in [6.45, 7) is 1.73. The Bertz CT molecular complexity index is 1520. The number of halogens is 1. The molecule has 1 atom stereocenters. The van der Waals surface area contributed by atoms with Gasteiger partial charge < -0.3 is 30.0 Å². The highest BCUT2D eigenvalue weighted by Gasteiger charge is 2.22. The van der Waals surface area contributed by atoms with Crippen LogP contribution in [-0.2, 0) is 18.4 Å². The van der Waals surface area contributed by atoms with Gasteiger partial charge in [0.2, 0.25) is 0 Å². The van der Waals surface area contributed by atoms with E-state index in [-0.39, 0.29) is 24.4 Å². The van der Waals surface area contributed by atoms with Gasteiger partial charge in [-0.3, -0.25) is 9.59 Å². The van der Waals surface area contributed by atoms with Crippen molar-refractivity contribution in [2.24, 2.45) is 7.05 Å². The minimum absolute atomic E-state index is 0.133. The van der Waals surface area contributed by atoms with Gasteiger partial charge in [-0.05, 0) is 41.6 Å². The minimum atomic E-state index is -1.10. The molecule has 10 heteroatoms. The van der Waals surface area contributed by atoms with Crippen molar-refractivity contribution in [3.05, 3.63) is 93.0 Å². The zero-order valence-corrected chi connectivity index (χ0v) is 20.4. The molecule has 9 nitrogen and oxygen atoms in total. The van der Waals surface area contributed by atoms with E-state index < -0.39 is 23.6 Å². The maximum atomic E-state index is 13.1. The molecular formula is C26H25ClN4O5. The second-order valence-electron chi connectivity index (χ2n) is 8.55. The fourth-order valence-electron chi connectivity index (χ4n) is 4.07. The number of hydrogen-bond acceptors (Lipinski definition) is 4. The number of carboxylic acid groups (broad SMARTS) is 1. The van der Waals surface area contributed by atoms with Crippen LogP contribution in [0.2, 0.25) is 5.02 Å². The van der Waals surface area contributed by atoms with Gasteiger partial charge in [-0.25, -0.2) is 4.79 Å². The number of benzene rings is 2. The van der Waals surface area contributed by atoms with Gasteiger partial charge in [-0.1, -0.05) is 41.9 Å². The molecule has 4 rings (SSSR count). The van der Waals surface area contributed by atoms with Crippen LogP contribution in [0.5, 0.6) is 5.75 Å². The second-order valence-corrected chi connectivity index (χ2v) is 8.96. The summed E-state index contributed by atoms with van der Waals surface area (Å²) in [5.74, 6) is -1.47. The number of pyridine rings is 1. The molecule has 0 saturated carbocycles. The maximum absolute atomic E-state index is 13.1. The summed E-state index contributed by atoms with van der Waals surface area (Å²) < 4.78 is 3.23. The number of aliphatic carboxylic acids is 1. The highest BCUT2D eigenvalue weighted by Crippen LogP contribution is 2.26. The fourth-order valence-corrected chi connectivity index (χ4v) is 4.26. The number of amides is 2. The van der Waals surface area contributed by atoms with Crippen molar-refractivity contribution in [3.63, 3.8) is 0 Å². The molecule has 2 amide bonds. The molecule has 0 spiro atoms. The average molecular weight is 509 g/mol. The molecule has 0 fully saturated rings. The molecule has 4 N–H and O–H groups in total. The quantitative estimate of drug-likeness (QED) is 0.294. The van der Waals surface area contributed by atoms with Crippen LogP contribution in [0.25, 0.3) is 10.9 Å². The van der Waals surface area contributed by atoms with E-state index >= 15 is 0 Å². The summed E-state index contributed by atoms with van der Waals surface area (Å²) in [4.78, 5) is 37.5. The predicted octanol–water partition coefficient (Wildman–Crippen LogP) is 4.39. The third kappa shape index (κ3) is 5.21. The lowest BCUT2D eigenvalue weighted by Crippen LogP contribution is -2.36. The van der Waals surface area contributed by atoms with E-state index in [0.717, 1.165) is 10.9 Å². The molecule has 0 aliphatic rings. The maximum Gasteiger partial charge on any atom is 0.319 e. The van der Waals surface area contributed by atoms with E-state index in [9.17, 15) is 24.6 Å². The zero-order valence-electron chi connectivity index (χ0n) is 19.7. The average Bonchev–Trinajstić information content (AvgIpc) is 3.21. The van der Waals surface area contributed by atoms with E-state index in [1.807, 2.05) is 36.0 Å². The highest BCUT2D eigenvalue weighted by molar-refractivity contribution is 6.31. The molecular weight excluding hydrogens is 484 g/mol. The zero-order chi connectivity index (χ0) is 26.0. The lowest BCUT2D eigenvalue weighted by Gasteiger charge is -2.19. The van der Waals surface area contributed by atoms with Crippen molar-refractivity contribution in [3.8, 4) is 5.75 Å². The SMILES string of the molecule is Cc1cn(Cc2ccccc2Cl)c(=O)c(NC(=O)N[C@@H](CC(=O)O)c2ccc3ccn(C)c3c2)c1O.